The molecule has 1 heterocycles. The van der Waals surface area contributed by atoms with E-state index in [1.54, 1.807) is 6.20 Å². The number of rotatable bonds is 3. The molecule has 3 N–H and O–H groups in total. The van der Waals surface area contributed by atoms with Crippen LogP contribution in [0, 0.1) is 0 Å². The highest BCUT2D eigenvalue weighted by Gasteiger charge is 2.12. The molecule has 3 rings (SSSR count). The van der Waals surface area contributed by atoms with E-state index >= 15 is 0 Å². The predicted molar refractivity (Wildman–Crippen MR) is 91.8 cm³/mol. The molecule has 0 atom stereocenters. The lowest BCUT2D eigenvalue weighted by atomic mass is 10.1. The molecule has 3 aromatic rings. The van der Waals surface area contributed by atoms with Crippen LogP contribution in [-0.4, -0.2) is 16.8 Å². The Bertz CT molecular complexity index is 856. The first-order chi connectivity index (χ1) is 11.1. The molecule has 6 heteroatoms. The Morgan fingerprint density at radius 2 is 1.74 bits per heavy atom. The summed E-state index contributed by atoms with van der Waals surface area (Å²) < 4.78 is 0.953. The zero-order valence-corrected chi connectivity index (χ0v) is 13.7. The molecule has 0 radical (unpaired) electrons. The Morgan fingerprint density at radius 1 is 1.00 bits per heavy atom. The van der Waals surface area contributed by atoms with Crippen LogP contribution in [0.3, 0.4) is 0 Å². The lowest BCUT2D eigenvalue weighted by molar-refractivity contribution is -0.121. The first kappa shape index (κ1) is 15.3. The van der Waals surface area contributed by atoms with Crippen molar-refractivity contribution in [3.8, 4) is 0 Å². The zero-order chi connectivity index (χ0) is 16.2. The molecule has 116 valence electrons. The molecule has 0 saturated heterocycles. The molecule has 2 amide bonds. The fourth-order valence-electron chi connectivity index (χ4n) is 2.29. The maximum atomic E-state index is 12.2. The third kappa shape index (κ3) is 3.60. The maximum absolute atomic E-state index is 12.2. The number of carbonyl (C=O) groups excluding carboxylic acids is 2. The molecule has 0 bridgehead atoms. The minimum atomic E-state index is -0.355. The fraction of sp³-hybridized carbons (Fsp3) is 0.0588. The summed E-state index contributed by atoms with van der Waals surface area (Å²) in [5.41, 5.74) is 7.11. The molecule has 2 aromatic carbocycles. The van der Waals surface area contributed by atoms with Crippen molar-refractivity contribution in [1.82, 2.24) is 15.8 Å². The van der Waals surface area contributed by atoms with Gasteiger partial charge in [-0.15, -0.1) is 0 Å². The number of fused-ring (bicyclic) bond motifs is 1. The Hall–Kier alpha value is -2.60. The third-order valence-electron chi connectivity index (χ3n) is 3.43. The molecule has 1 aromatic heterocycles. The van der Waals surface area contributed by atoms with E-state index in [0.29, 0.717) is 5.56 Å². The number of hydrogen-bond donors (Lipinski definition) is 3. The number of H-pyrrole nitrogens is 1. The van der Waals surface area contributed by atoms with Gasteiger partial charge in [0.1, 0.15) is 0 Å². The number of para-hydroxylation sites is 1. The van der Waals surface area contributed by atoms with E-state index in [1.807, 2.05) is 48.5 Å². The van der Waals surface area contributed by atoms with E-state index < -0.39 is 0 Å². The van der Waals surface area contributed by atoms with E-state index in [4.69, 9.17) is 0 Å². The SMILES string of the molecule is O=C(Cc1ccc(Br)cc1)NNC(=O)c1c[nH]c2ccccc12. The van der Waals surface area contributed by atoms with Gasteiger partial charge in [-0.25, -0.2) is 0 Å². The highest BCUT2D eigenvalue weighted by atomic mass is 79.9. The second kappa shape index (κ2) is 6.66. The Labute approximate surface area is 141 Å². The second-order valence-electron chi connectivity index (χ2n) is 5.05. The third-order valence-corrected chi connectivity index (χ3v) is 3.96. The summed E-state index contributed by atoms with van der Waals surface area (Å²) in [6.45, 7) is 0. The Morgan fingerprint density at radius 3 is 2.52 bits per heavy atom. The first-order valence-electron chi connectivity index (χ1n) is 7.03. The average molecular weight is 372 g/mol. The zero-order valence-electron chi connectivity index (χ0n) is 12.1. The van der Waals surface area contributed by atoms with Crippen molar-refractivity contribution in [3.63, 3.8) is 0 Å². The van der Waals surface area contributed by atoms with Crippen LogP contribution in [0.15, 0.2) is 59.2 Å². The molecule has 0 aliphatic heterocycles. The Kier molecular flexibility index (Phi) is 4.43. The molecule has 0 unspecified atom stereocenters. The summed E-state index contributed by atoms with van der Waals surface area (Å²) in [5.74, 6) is -0.632. The van der Waals surface area contributed by atoms with E-state index in [2.05, 4.69) is 31.8 Å². The van der Waals surface area contributed by atoms with Gasteiger partial charge in [-0.1, -0.05) is 46.3 Å². The lowest BCUT2D eigenvalue weighted by Gasteiger charge is -2.07. The van der Waals surface area contributed by atoms with Gasteiger partial charge >= 0.3 is 0 Å². The average Bonchev–Trinajstić information content (AvgIpc) is 2.99. The van der Waals surface area contributed by atoms with Crippen molar-refractivity contribution in [2.24, 2.45) is 0 Å². The standard InChI is InChI=1S/C17H14BrN3O2/c18-12-7-5-11(6-8-12)9-16(22)20-21-17(23)14-10-19-15-4-2-1-3-13(14)15/h1-8,10,19H,9H2,(H,20,22)(H,21,23). The van der Waals surface area contributed by atoms with Crippen LogP contribution in [0.25, 0.3) is 10.9 Å². The van der Waals surface area contributed by atoms with Gasteiger partial charge in [0.15, 0.2) is 0 Å². The van der Waals surface area contributed by atoms with Crippen molar-refractivity contribution in [2.75, 3.05) is 0 Å². The van der Waals surface area contributed by atoms with E-state index in [9.17, 15) is 9.59 Å². The van der Waals surface area contributed by atoms with E-state index in [-0.39, 0.29) is 18.2 Å². The van der Waals surface area contributed by atoms with Gasteiger partial charge in [-0.3, -0.25) is 20.4 Å². The maximum Gasteiger partial charge on any atom is 0.271 e. The number of nitrogens with one attached hydrogen (secondary N) is 3. The molecule has 0 saturated carbocycles. The second-order valence-corrected chi connectivity index (χ2v) is 5.97. The predicted octanol–water partition coefficient (Wildman–Crippen LogP) is 2.93. The van der Waals surface area contributed by atoms with Gasteiger partial charge in [0, 0.05) is 21.6 Å². The number of aromatic amines is 1. The van der Waals surface area contributed by atoms with Crippen LogP contribution in [0.1, 0.15) is 15.9 Å². The summed E-state index contributed by atoms with van der Waals surface area (Å²) in [4.78, 5) is 27.1. The normalized spacial score (nSPS) is 10.5. The topological polar surface area (TPSA) is 74.0 Å². The van der Waals surface area contributed by atoms with Crippen LogP contribution >= 0.6 is 15.9 Å². The molecule has 0 spiro atoms. The van der Waals surface area contributed by atoms with E-state index in [1.165, 1.54) is 0 Å². The minimum Gasteiger partial charge on any atom is -0.360 e. The summed E-state index contributed by atoms with van der Waals surface area (Å²) in [6.07, 6.45) is 1.82. The fourth-order valence-corrected chi connectivity index (χ4v) is 2.55. The van der Waals surface area contributed by atoms with Crippen molar-refractivity contribution in [1.29, 1.82) is 0 Å². The highest BCUT2D eigenvalue weighted by Crippen LogP contribution is 2.17. The number of aromatic nitrogens is 1. The van der Waals surface area contributed by atoms with Crippen molar-refractivity contribution < 1.29 is 9.59 Å². The van der Waals surface area contributed by atoms with Gasteiger partial charge in [-0.05, 0) is 23.8 Å². The number of hydrogen-bond acceptors (Lipinski definition) is 2. The number of carbonyl (C=O) groups is 2. The molecular weight excluding hydrogens is 358 g/mol. The largest absolute Gasteiger partial charge is 0.360 e. The highest BCUT2D eigenvalue weighted by molar-refractivity contribution is 9.10. The van der Waals surface area contributed by atoms with Gasteiger partial charge < -0.3 is 4.98 Å². The molecule has 0 aliphatic carbocycles. The number of hydrazine groups is 1. The van der Waals surface area contributed by atoms with Crippen LogP contribution in [0.4, 0.5) is 0 Å². The van der Waals surface area contributed by atoms with E-state index in [0.717, 1.165) is 20.9 Å². The van der Waals surface area contributed by atoms with Crippen molar-refractivity contribution >= 4 is 38.6 Å². The smallest absolute Gasteiger partial charge is 0.271 e. The van der Waals surface area contributed by atoms with Crippen LogP contribution in [0.2, 0.25) is 0 Å². The van der Waals surface area contributed by atoms with Gasteiger partial charge in [0.2, 0.25) is 5.91 Å². The summed E-state index contributed by atoms with van der Waals surface area (Å²) in [5, 5.41) is 0.812. The van der Waals surface area contributed by atoms with Crippen molar-refractivity contribution in [3.05, 3.63) is 70.3 Å². The molecular formula is C17H14BrN3O2. The van der Waals surface area contributed by atoms with Crippen LogP contribution in [-0.2, 0) is 11.2 Å². The first-order valence-corrected chi connectivity index (χ1v) is 7.82. The van der Waals surface area contributed by atoms with Gasteiger partial charge in [0.05, 0.1) is 12.0 Å². The number of amides is 2. The number of benzene rings is 2. The monoisotopic (exact) mass is 371 g/mol. The quantitative estimate of drug-likeness (QED) is 0.619. The van der Waals surface area contributed by atoms with Crippen LogP contribution < -0.4 is 10.9 Å². The Balaban J connectivity index is 1.60. The van der Waals surface area contributed by atoms with Gasteiger partial charge in [-0.2, -0.15) is 0 Å². The molecule has 5 nitrogen and oxygen atoms in total. The lowest BCUT2D eigenvalue weighted by Crippen LogP contribution is -2.42. The summed E-state index contributed by atoms with van der Waals surface area (Å²) in [6, 6.07) is 14.9. The minimum absolute atomic E-state index is 0.196. The molecule has 0 aliphatic rings. The summed E-state index contributed by atoms with van der Waals surface area (Å²) >= 11 is 3.34. The number of halogens is 1. The molecule has 0 fully saturated rings. The summed E-state index contributed by atoms with van der Waals surface area (Å²) in [7, 11) is 0. The van der Waals surface area contributed by atoms with Gasteiger partial charge in [0.25, 0.3) is 5.91 Å². The van der Waals surface area contributed by atoms with Crippen molar-refractivity contribution in [2.45, 2.75) is 6.42 Å². The molecule has 23 heavy (non-hydrogen) atoms. The van der Waals surface area contributed by atoms with Crippen LogP contribution in [0.5, 0.6) is 0 Å².